The number of hydrogen-bond acceptors (Lipinski definition) is 4. The summed E-state index contributed by atoms with van der Waals surface area (Å²) in [6.45, 7) is 3.74. The molecule has 2 aromatic rings. The summed E-state index contributed by atoms with van der Waals surface area (Å²) in [7, 11) is -3.49. The van der Waals surface area contributed by atoms with Gasteiger partial charge in [-0.1, -0.05) is 35.7 Å². The smallest absolute Gasteiger partial charge is 0.259 e. The molecule has 1 fully saturated rings. The van der Waals surface area contributed by atoms with Crippen LogP contribution in [0.2, 0.25) is 0 Å². The fourth-order valence-electron chi connectivity index (χ4n) is 3.29. The largest absolute Gasteiger partial charge is 0.493 e. The van der Waals surface area contributed by atoms with Gasteiger partial charge in [0, 0.05) is 23.2 Å². The Morgan fingerprint density at radius 1 is 1.10 bits per heavy atom. The maximum Gasteiger partial charge on any atom is 0.259 e. The minimum absolute atomic E-state index is 0.244. The molecule has 6 nitrogen and oxygen atoms in total. The van der Waals surface area contributed by atoms with E-state index >= 15 is 0 Å². The summed E-state index contributed by atoms with van der Waals surface area (Å²) in [5.74, 6) is 0.211. The Balaban J connectivity index is 1.72. The summed E-state index contributed by atoms with van der Waals surface area (Å²) >= 11 is 3.39. The summed E-state index contributed by atoms with van der Waals surface area (Å²) in [5, 5.41) is 2.83. The summed E-state index contributed by atoms with van der Waals surface area (Å²) < 4.78 is 33.6. The SMILES string of the molecule is CCCCOc1ccc(Br)cc1C(=O)Nc1ccc(S(=O)(=O)N2CCCCC2)cc1. The Morgan fingerprint density at radius 2 is 1.80 bits per heavy atom. The molecule has 0 spiro atoms. The van der Waals surface area contributed by atoms with E-state index in [1.807, 2.05) is 6.07 Å². The Kier molecular flexibility index (Phi) is 7.91. The van der Waals surface area contributed by atoms with Gasteiger partial charge < -0.3 is 10.1 Å². The number of halogens is 1. The van der Waals surface area contributed by atoms with Crippen molar-refractivity contribution < 1.29 is 17.9 Å². The lowest BCUT2D eigenvalue weighted by Crippen LogP contribution is -2.35. The zero-order chi connectivity index (χ0) is 21.6. The molecule has 1 N–H and O–H groups in total. The monoisotopic (exact) mass is 494 g/mol. The van der Waals surface area contributed by atoms with E-state index in [1.165, 1.54) is 4.31 Å². The normalized spacial score (nSPS) is 15.0. The van der Waals surface area contributed by atoms with E-state index in [9.17, 15) is 13.2 Å². The molecule has 0 atom stereocenters. The van der Waals surface area contributed by atoms with E-state index in [1.54, 1.807) is 36.4 Å². The molecule has 1 amide bonds. The number of sulfonamides is 1. The molecule has 30 heavy (non-hydrogen) atoms. The lowest BCUT2D eigenvalue weighted by molar-refractivity contribution is 0.102. The van der Waals surface area contributed by atoms with Gasteiger partial charge in [0.25, 0.3) is 5.91 Å². The first-order valence-electron chi connectivity index (χ1n) is 10.3. The predicted molar refractivity (Wildman–Crippen MR) is 122 cm³/mol. The van der Waals surface area contributed by atoms with Gasteiger partial charge in [0.2, 0.25) is 10.0 Å². The van der Waals surface area contributed by atoms with Crippen molar-refractivity contribution in [1.82, 2.24) is 4.31 Å². The lowest BCUT2D eigenvalue weighted by Gasteiger charge is -2.25. The Hall–Kier alpha value is -1.90. The molecule has 0 bridgehead atoms. The molecule has 1 saturated heterocycles. The number of piperidine rings is 1. The molecule has 1 heterocycles. The van der Waals surface area contributed by atoms with Crippen molar-refractivity contribution >= 4 is 37.5 Å². The van der Waals surface area contributed by atoms with Crippen LogP contribution in [0.4, 0.5) is 5.69 Å². The summed E-state index contributed by atoms with van der Waals surface area (Å²) in [6.07, 6.45) is 4.76. The van der Waals surface area contributed by atoms with Gasteiger partial charge in [-0.2, -0.15) is 4.31 Å². The molecular formula is C22H27BrN2O4S. The molecule has 8 heteroatoms. The quantitative estimate of drug-likeness (QED) is 0.520. The molecule has 0 aromatic heterocycles. The predicted octanol–water partition coefficient (Wildman–Crippen LogP) is 5.05. The zero-order valence-corrected chi connectivity index (χ0v) is 19.5. The van der Waals surface area contributed by atoms with Crippen molar-refractivity contribution in [1.29, 1.82) is 0 Å². The van der Waals surface area contributed by atoms with Crippen LogP contribution in [0.1, 0.15) is 49.4 Å². The van der Waals surface area contributed by atoms with E-state index < -0.39 is 10.0 Å². The number of nitrogens with one attached hydrogen (secondary N) is 1. The van der Waals surface area contributed by atoms with Gasteiger partial charge in [-0.3, -0.25) is 4.79 Å². The zero-order valence-electron chi connectivity index (χ0n) is 17.1. The van der Waals surface area contributed by atoms with Crippen LogP contribution in [0.5, 0.6) is 5.75 Å². The van der Waals surface area contributed by atoms with Crippen LogP contribution in [0, 0.1) is 0 Å². The standard InChI is InChI=1S/C22H27BrN2O4S/c1-2-3-15-29-21-12-7-17(23)16-20(21)22(26)24-18-8-10-19(11-9-18)30(27,28)25-13-5-4-6-14-25/h7-12,16H,2-6,13-15H2,1H3,(H,24,26). The summed E-state index contributed by atoms with van der Waals surface area (Å²) in [4.78, 5) is 13.1. The molecule has 1 aliphatic rings. The molecule has 1 aliphatic heterocycles. The van der Waals surface area contributed by atoms with Gasteiger partial charge in [-0.25, -0.2) is 8.42 Å². The molecule has 0 radical (unpaired) electrons. The van der Waals surface area contributed by atoms with Crippen molar-refractivity contribution in [2.24, 2.45) is 0 Å². The van der Waals surface area contributed by atoms with Gasteiger partial charge in [0.05, 0.1) is 17.1 Å². The molecule has 0 saturated carbocycles. The maximum atomic E-state index is 12.8. The number of nitrogens with zero attached hydrogens (tertiary/aromatic N) is 1. The fourth-order valence-corrected chi connectivity index (χ4v) is 5.17. The molecule has 3 rings (SSSR count). The highest BCUT2D eigenvalue weighted by atomic mass is 79.9. The first kappa shape index (κ1) is 22.8. The molecule has 2 aromatic carbocycles. The van der Waals surface area contributed by atoms with Gasteiger partial charge >= 0.3 is 0 Å². The molecule has 162 valence electrons. The number of anilines is 1. The van der Waals surface area contributed by atoms with Crippen molar-refractivity contribution in [2.75, 3.05) is 25.0 Å². The highest BCUT2D eigenvalue weighted by Crippen LogP contribution is 2.26. The van der Waals surface area contributed by atoms with Crippen LogP contribution >= 0.6 is 15.9 Å². The third kappa shape index (κ3) is 5.62. The van der Waals surface area contributed by atoms with E-state index in [0.29, 0.717) is 36.7 Å². The number of ether oxygens (including phenoxy) is 1. The summed E-state index contributed by atoms with van der Waals surface area (Å²) in [5.41, 5.74) is 0.947. The van der Waals surface area contributed by atoms with Crippen LogP contribution in [0.25, 0.3) is 0 Å². The van der Waals surface area contributed by atoms with Crippen LogP contribution < -0.4 is 10.1 Å². The number of amides is 1. The van der Waals surface area contributed by atoms with Crippen LogP contribution in [0.3, 0.4) is 0 Å². The average Bonchev–Trinajstić information content (AvgIpc) is 2.76. The van der Waals surface area contributed by atoms with Crippen molar-refractivity contribution in [3.8, 4) is 5.75 Å². The van der Waals surface area contributed by atoms with Gasteiger partial charge in [0.1, 0.15) is 5.75 Å². The van der Waals surface area contributed by atoms with Crippen LogP contribution in [-0.4, -0.2) is 38.3 Å². The third-order valence-corrected chi connectivity index (χ3v) is 7.41. The highest BCUT2D eigenvalue weighted by molar-refractivity contribution is 9.10. The first-order valence-corrected chi connectivity index (χ1v) is 12.5. The number of carbonyl (C=O) groups excluding carboxylic acids is 1. The van der Waals surface area contributed by atoms with E-state index in [4.69, 9.17) is 4.74 Å². The van der Waals surface area contributed by atoms with Crippen LogP contribution in [0.15, 0.2) is 51.8 Å². The number of benzene rings is 2. The van der Waals surface area contributed by atoms with Crippen molar-refractivity contribution in [3.63, 3.8) is 0 Å². The van der Waals surface area contributed by atoms with Crippen molar-refractivity contribution in [2.45, 2.75) is 43.9 Å². The Morgan fingerprint density at radius 3 is 2.47 bits per heavy atom. The average molecular weight is 495 g/mol. The number of carbonyl (C=O) groups is 1. The second kappa shape index (κ2) is 10.4. The first-order chi connectivity index (χ1) is 14.4. The number of rotatable bonds is 8. The number of unbranched alkanes of at least 4 members (excludes halogenated alkanes) is 1. The highest BCUT2D eigenvalue weighted by Gasteiger charge is 2.25. The van der Waals surface area contributed by atoms with E-state index in [0.717, 1.165) is 36.6 Å². The van der Waals surface area contributed by atoms with Crippen molar-refractivity contribution in [3.05, 3.63) is 52.5 Å². The molecule has 0 unspecified atom stereocenters. The van der Waals surface area contributed by atoms with Gasteiger partial charge in [-0.05, 0) is 61.7 Å². The minimum Gasteiger partial charge on any atom is -0.493 e. The minimum atomic E-state index is -3.49. The number of hydrogen-bond donors (Lipinski definition) is 1. The summed E-state index contributed by atoms with van der Waals surface area (Å²) in [6, 6.07) is 11.6. The topological polar surface area (TPSA) is 75.7 Å². The van der Waals surface area contributed by atoms with E-state index in [2.05, 4.69) is 28.2 Å². The third-order valence-electron chi connectivity index (χ3n) is 5.01. The Bertz CT molecular complexity index is 971. The second-order valence-corrected chi connectivity index (χ2v) is 10.1. The maximum absolute atomic E-state index is 12.8. The molecular weight excluding hydrogens is 468 g/mol. The van der Waals surface area contributed by atoms with Gasteiger partial charge in [-0.15, -0.1) is 0 Å². The lowest BCUT2D eigenvalue weighted by atomic mass is 10.2. The van der Waals surface area contributed by atoms with Gasteiger partial charge in [0.15, 0.2) is 0 Å². The van der Waals surface area contributed by atoms with Crippen LogP contribution in [-0.2, 0) is 10.0 Å². The second-order valence-electron chi connectivity index (χ2n) is 7.29. The Labute approximate surface area is 186 Å². The molecule has 0 aliphatic carbocycles. The van der Waals surface area contributed by atoms with E-state index in [-0.39, 0.29) is 10.8 Å². The fraction of sp³-hybridized carbons (Fsp3) is 0.409.